The lowest BCUT2D eigenvalue weighted by molar-refractivity contribution is -0.386. The van der Waals surface area contributed by atoms with Gasteiger partial charge in [0.2, 0.25) is 5.75 Å². The molecule has 0 spiro atoms. The summed E-state index contributed by atoms with van der Waals surface area (Å²) in [5.74, 6) is -1.10. The van der Waals surface area contributed by atoms with Gasteiger partial charge in [-0.1, -0.05) is 11.6 Å². The predicted octanol–water partition coefficient (Wildman–Crippen LogP) is 2.46. The molecule has 0 amide bonds. The fourth-order valence-corrected chi connectivity index (χ4v) is 1.41. The Hall–Kier alpha value is -1.62. The van der Waals surface area contributed by atoms with Crippen LogP contribution in [0, 0.1) is 17.0 Å². The molecule has 5 nitrogen and oxygen atoms in total. The van der Waals surface area contributed by atoms with E-state index in [2.05, 4.69) is 0 Å². The number of nitro groups is 1. The molecule has 15 heavy (non-hydrogen) atoms. The fraction of sp³-hybridized carbons (Fsp3) is 0.222. The zero-order valence-electron chi connectivity index (χ0n) is 8.07. The van der Waals surface area contributed by atoms with Crippen LogP contribution in [0.5, 0.6) is 5.75 Å². The van der Waals surface area contributed by atoms with E-state index in [1.807, 2.05) is 0 Å². The molecule has 0 aliphatic heterocycles. The number of hydrogen-bond donors (Lipinski definition) is 1. The van der Waals surface area contributed by atoms with E-state index in [4.69, 9.17) is 11.6 Å². The number of halogens is 1. The maximum Gasteiger partial charge on any atom is 0.315 e. The van der Waals surface area contributed by atoms with Crippen LogP contribution in [0.25, 0.3) is 0 Å². The first kappa shape index (κ1) is 11.5. The van der Waals surface area contributed by atoms with Crippen LogP contribution in [-0.4, -0.2) is 15.8 Å². The molecular weight excluding hydrogens is 222 g/mol. The first-order valence-corrected chi connectivity index (χ1v) is 4.41. The Kier molecular flexibility index (Phi) is 2.95. The number of hydrogen-bond acceptors (Lipinski definition) is 4. The molecular formula is C9H8ClNO4. The first-order valence-electron chi connectivity index (χ1n) is 4.03. The van der Waals surface area contributed by atoms with Crippen molar-refractivity contribution >= 4 is 23.1 Å². The van der Waals surface area contributed by atoms with E-state index in [0.717, 1.165) is 0 Å². The number of benzene rings is 1. The van der Waals surface area contributed by atoms with Crippen molar-refractivity contribution in [2.45, 2.75) is 13.8 Å². The largest absolute Gasteiger partial charge is 0.502 e. The third-order valence-corrected chi connectivity index (χ3v) is 2.42. The van der Waals surface area contributed by atoms with Gasteiger partial charge in [0, 0.05) is 5.56 Å². The standard InChI is InChI=1S/C9H8ClNO4/c1-4-7(10)3-6(5(2)12)9(13)8(4)11(14)15/h3,13H,1-2H3. The van der Waals surface area contributed by atoms with Crippen LogP contribution in [0.4, 0.5) is 5.69 Å². The third-order valence-electron chi connectivity index (χ3n) is 2.03. The first-order chi connectivity index (χ1) is 6.86. The Labute approximate surface area is 90.4 Å². The Balaban J connectivity index is 3.63. The van der Waals surface area contributed by atoms with Crippen molar-refractivity contribution in [3.63, 3.8) is 0 Å². The van der Waals surface area contributed by atoms with Gasteiger partial charge in [0.1, 0.15) is 0 Å². The van der Waals surface area contributed by atoms with Crippen LogP contribution >= 0.6 is 11.6 Å². The molecule has 1 aromatic carbocycles. The molecule has 0 radical (unpaired) electrons. The van der Waals surface area contributed by atoms with Gasteiger partial charge in [-0.2, -0.15) is 0 Å². The summed E-state index contributed by atoms with van der Waals surface area (Å²) < 4.78 is 0. The Morgan fingerprint density at radius 2 is 2.13 bits per heavy atom. The highest BCUT2D eigenvalue weighted by Gasteiger charge is 2.24. The summed E-state index contributed by atoms with van der Waals surface area (Å²) in [7, 11) is 0. The van der Waals surface area contributed by atoms with Crippen LogP contribution in [0.1, 0.15) is 22.8 Å². The molecule has 0 aliphatic carbocycles. The van der Waals surface area contributed by atoms with Gasteiger partial charge in [-0.25, -0.2) is 0 Å². The predicted molar refractivity (Wildman–Crippen MR) is 54.5 cm³/mol. The van der Waals surface area contributed by atoms with Gasteiger partial charge in [0.05, 0.1) is 15.5 Å². The molecule has 1 aromatic rings. The minimum absolute atomic E-state index is 0.0877. The van der Waals surface area contributed by atoms with E-state index in [0.29, 0.717) is 0 Å². The molecule has 0 unspecified atom stereocenters. The number of carbonyl (C=O) groups excluding carboxylic acids is 1. The number of nitrogens with zero attached hydrogens (tertiary/aromatic N) is 1. The van der Waals surface area contributed by atoms with Gasteiger partial charge < -0.3 is 5.11 Å². The van der Waals surface area contributed by atoms with Crippen LogP contribution in [0.2, 0.25) is 5.02 Å². The summed E-state index contributed by atoms with van der Waals surface area (Å²) in [5, 5.41) is 20.2. The second-order valence-corrected chi connectivity index (χ2v) is 3.45. The van der Waals surface area contributed by atoms with Crippen molar-refractivity contribution in [3.8, 4) is 5.75 Å². The average Bonchev–Trinajstić information content (AvgIpc) is 2.10. The Morgan fingerprint density at radius 1 is 1.60 bits per heavy atom. The van der Waals surface area contributed by atoms with Gasteiger partial charge in [-0.15, -0.1) is 0 Å². The van der Waals surface area contributed by atoms with Gasteiger partial charge in [0.15, 0.2) is 5.78 Å². The summed E-state index contributed by atoms with van der Waals surface area (Å²) >= 11 is 5.71. The molecule has 0 aliphatic rings. The quantitative estimate of drug-likeness (QED) is 0.480. The highest BCUT2D eigenvalue weighted by molar-refractivity contribution is 6.32. The normalized spacial score (nSPS) is 10.1. The number of nitro benzene ring substituents is 1. The third kappa shape index (κ3) is 1.92. The minimum atomic E-state index is -0.761. The lowest BCUT2D eigenvalue weighted by Gasteiger charge is -2.06. The maximum absolute atomic E-state index is 11.1. The number of ketones is 1. The van der Waals surface area contributed by atoms with Crippen LogP contribution in [0.15, 0.2) is 6.07 Å². The van der Waals surface area contributed by atoms with E-state index >= 15 is 0 Å². The lowest BCUT2D eigenvalue weighted by Crippen LogP contribution is -2.00. The molecule has 6 heteroatoms. The molecule has 0 bridgehead atoms. The Bertz CT molecular complexity index is 456. The number of aromatic hydroxyl groups is 1. The van der Waals surface area contributed by atoms with E-state index in [-0.39, 0.29) is 16.1 Å². The van der Waals surface area contributed by atoms with Gasteiger partial charge in [-0.3, -0.25) is 14.9 Å². The van der Waals surface area contributed by atoms with E-state index in [1.54, 1.807) is 0 Å². The topological polar surface area (TPSA) is 80.4 Å². The second-order valence-electron chi connectivity index (χ2n) is 3.04. The lowest BCUT2D eigenvalue weighted by atomic mass is 10.1. The minimum Gasteiger partial charge on any atom is -0.502 e. The number of carbonyl (C=O) groups is 1. The zero-order valence-corrected chi connectivity index (χ0v) is 8.83. The van der Waals surface area contributed by atoms with E-state index in [9.17, 15) is 20.0 Å². The second kappa shape index (κ2) is 3.86. The SMILES string of the molecule is CC(=O)c1cc(Cl)c(C)c([N+](=O)[O-])c1O. The molecule has 0 aromatic heterocycles. The maximum atomic E-state index is 11.1. The fourth-order valence-electron chi connectivity index (χ4n) is 1.21. The number of Topliss-reactive ketones (excluding diaryl/α,β-unsaturated/α-hetero) is 1. The highest BCUT2D eigenvalue weighted by atomic mass is 35.5. The molecule has 0 saturated carbocycles. The summed E-state index contributed by atoms with van der Waals surface area (Å²) in [4.78, 5) is 20.9. The summed E-state index contributed by atoms with van der Waals surface area (Å²) in [5.41, 5.74) is -0.519. The Morgan fingerprint density at radius 3 is 2.53 bits per heavy atom. The highest BCUT2D eigenvalue weighted by Crippen LogP contribution is 2.37. The van der Waals surface area contributed by atoms with E-state index in [1.165, 1.54) is 19.9 Å². The summed E-state index contributed by atoms with van der Waals surface area (Å²) in [6.07, 6.45) is 0. The number of rotatable bonds is 2. The molecule has 0 heterocycles. The summed E-state index contributed by atoms with van der Waals surface area (Å²) in [6, 6.07) is 1.22. The molecule has 80 valence electrons. The van der Waals surface area contributed by atoms with Crippen molar-refractivity contribution in [3.05, 3.63) is 32.3 Å². The smallest absolute Gasteiger partial charge is 0.315 e. The molecule has 0 saturated heterocycles. The van der Waals surface area contributed by atoms with Crippen molar-refractivity contribution in [1.82, 2.24) is 0 Å². The van der Waals surface area contributed by atoms with Crippen molar-refractivity contribution in [2.24, 2.45) is 0 Å². The molecule has 1 N–H and O–H groups in total. The molecule has 0 atom stereocenters. The number of phenols is 1. The monoisotopic (exact) mass is 229 g/mol. The summed E-state index contributed by atoms with van der Waals surface area (Å²) in [6.45, 7) is 2.61. The zero-order chi connectivity index (χ0) is 11.7. The molecule has 0 fully saturated rings. The van der Waals surface area contributed by atoms with Crippen molar-refractivity contribution in [1.29, 1.82) is 0 Å². The van der Waals surface area contributed by atoms with Crippen LogP contribution in [0.3, 0.4) is 0 Å². The number of phenolic OH excluding ortho intramolecular Hbond substituents is 1. The molecule has 1 rings (SSSR count). The van der Waals surface area contributed by atoms with Gasteiger partial charge >= 0.3 is 5.69 Å². The van der Waals surface area contributed by atoms with Crippen LogP contribution in [-0.2, 0) is 0 Å². The van der Waals surface area contributed by atoms with Gasteiger partial charge in [-0.05, 0) is 19.9 Å². The van der Waals surface area contributed by atoms with Crippen molar-refractivity contribution in [2.75, 3.05) is 0 Å². The van der Waals surface area contributed by atoms with Crippen LogP contribution < -0.4 is 0 Å². The average molecular weight is 230 g/mol. The van der Waals surface area contributed by atoms with E-state index < -0.39 is 22.1 Å². The van der Waals surface area contributed by atoms with Crippen molar-refractivity contribution < 1.29 is 14.8 Å². The van der Waals surface area contributed by atoms with Gasteiger partial charge in [0.25, 0.3) is 0 Å².